The van der Waals surface area contributed by atoms with Crippen molar-refractivity contribution in [1.82, 2.24) is 9.78 Å². The second-order valence-electron chi connectivity index (χ2n) is 5.65. The highest BCUT2D eigenvalue weighted by atomic mass is 35.5. The van der Waals surface area contributed by atoms with Crippen LogP contribution in [0.1, 0.15) is 5.56 Å². The number of ether oxygens (including phenoxy) is 1. The molecule has 7 nitrogen and oxygen atoms in total. The van der Waals surface area contributed by atoms with Gasteiger partial charge in [-0.15, -0.1) is 0 Å². The van der Waals surface area contributed by atoms with Gasteiger partial charge in [-0.25, -0.2) is 4.79 Å². The lowest BCUT2D eigenvalue weighted by molar-refractivity contribution is 0.262. The highest BCUT2D eigenvalue weighted by Gasteiger charge is 2.15. The van der Waals surface area contributed by atoms with E-state index < -0.39 is 6.03 Å². The Balaban J connectivity index is 1.84. The number of carbonyl (C=O) groups is 1. The van der Waals surface area contributed by atoms with Gasteiger partial charge < -0.3 is 15.4 Å². The predicted molar refractivity (Wildman–Crippen MR) is 104 cm³/mol. The van der Waals surface area contributed by atoms with Crippen molar-refractivity contribution in [2.75, 3.05) is 17.7 Å². The van der Waals surface area contributed by atoms with Gasteiger partial charge >= 0.3 is 6.03 Å². The number of aryl methyl sites for hydroxylation is 1. The van der Waals surface area contributed by atoms with E-state index in [0.717, 1.165) is 0 Å². The van der Waals surface area contributed by atoms with Crippen LogP contribution in [0.25, 0.3) is 11.3 Å². The fourth-order valence-electron chi connectivity index (χ4n) is 2.64. The van der Waals surface area contributed by atoms with Gasteiger partial charge in [0.05, 0.1) is 35.7 Å². The summed E-state index contributed by atoms with van der Waals surface area (Å²) in [5, 5.41) is 19.0. The fourth-order valence-corrected chi connectivity index (χ4v) is 2.91. The van der Waals surface area contributed by atoms with Crippen LogP contribution in [-0.4, -0.2) is 22.9 Å². The zero-order valence-electron chi connectivity index (χ0n) is 14.7. The van der Waals surface area contributed by atoms with Crippen LogP contribution in [0.3, 0.4) is 0 Å². The lowest BCUT2D eigenvalue weighted by Crippen LogP contribution is -2.19. The molecule has 3 rings (SSSR count). The van der Waals surface area contributed by atoms with E-state index in [1.54, 1.807) is 67.5 Å². The summed E-state index contributed by atoms with van der Waals surface area (Å²) in [5.41, 5.74) is 2.92. The minimum atomic E-state index is -0.433. The zero-order valence-corrected chi connectivity index (χ0v) is 15.4. The number of nitrogens with one attached hydrogen (secondary N) is 2. The first-order chi connectivity index (χ1) is 13.0. The summed E-state index contributed by atoms with van der Waals surface area (Å²) in [4.78, 5) is 12.3. The lowest BCUT2D eigenvalue weighted by atomic mass is 10.1. The van der Waals surface area contributed by atoms with Crippen molar-refractivity contribution < 1.29 is 9.53 Å². The van der Waals surface area contributed by atoms with E-state index in [4.69, 9.17) is 21.6 Å². The van der Waals surface area contributed by atoms with Gasteiger partial charge in [-0.1, -0.05) is 17.7 Å². The number of benzene rings is 2. The molecule has 0 aliphatic rings. The number of amides is 2. The molecule has 2 N–H and O–H groups in total. The second kappa shape index (κ2) is 7.81. The summed E-state index contributed by atoms with van der Waals surface area (Å²) in [6, 6.07) is 13.5. The molecule has 2 aromatic carbocycles. The Morgan fingerprint density at radius 3 is 2.59 bits per heavy atom. The van der Waals surface area contributed by atoms with Crippen molar-refractivity contribution in [2.45, 2.75) is 0 Å². The lowest BCUT2D eigenvalue weighted by Gasteiger charge is -2.13. The highest BCUT2D eigenvalue weighted by Crippen LogP contribution is 2.36. The molecule has 0 unspecified atom stereocenters. The third kappa shape index (κ3) is 4.02. The number of anilines is 2. The van der Waals surface area contributed by atoms with E-state index >= 15 is 0 Å². The van der Waals surface area contributed by atoms with Gasteiger partial charge in [0.15, 0.2) is 0 Å². The molecule has 27 heavy (non-hydrogen) atoms. The number of halogens is 1. The average molecular weight is 382 g/mol. The number of rotatable bonds is 4. The fraction of sp³-hybridized carbons (Fsp3) is 0.105. The van der Waals surface area contributed by atoms with Crippen LogP contribution in [0.4, 0.5) is 16.2 Å². The van der Waals surface area contributed by atoms with Gasteiger partial charge in [0.25, 0.3) is 0 Å². The summed E-state index contributed by atoms with van der Waals surface area (Å²) in [7, 11) is 3.33. The smallest absolute Gasteiger partial charge is 0.323 e. The van der Waals surface area contributed by atoms with Crippen LogP contribution < -0.4 is 15.4 Å². The average Bonchev–Trinajstić information content (AvgIpc) is 3.00. The van der Waals surface area contributed by atoms with Crippen molar-refractivity contribution in [3.05, 3.63) is 59.2 Å². The Hall–Kier alpha value is -3.50. The summed E-state index contributed by atoms with van der Waals surface area (Å²) in [6.45, 7) is 0. The van der Waals surface area contributed by atoms with Gasteiger partial charge in [-0.3, -0.25) is 4.68 Å². The molecule has 2 amide bonds. The standard InChI is InChI=1S/C19H16ClN5O2/c1-25-18(16(20)11-22-25)15-9-14(6-7-17(15)27-2)24-19(26)23-13-5-3-4-12(8-13)10-21/h3-9,11H,1-2H3,(H2,23,24,26). The van der Waals surface area contributed by atoms with Crippen LogP contribution in [-0.2, 0) is 7.05 Å². The predicted octanol–water partition coefficient (Wildman–Crippen LogP) is 4.26. The zero-order chi connectivity index (χ0) is 19.4. The number of hydrogen-bond acceptors (Lipinski definition) is 4. The monoisotopic (exact) mass is 381 g/mol. The number of methoxy groups -OCH3 is 1. The first-order valence-electron chi connectivity index (χ1n) is 7.96. The third-order valence-corrected chi connectivity index (χ3v) is 4.13. The molecule has 0 aliphatic carbocycles. The maximum Gasteiger partial charge on any atom is 0.323 e. The molecule has 0 saturated carbocycles. The van der Waals surface area contributed by atoms with E-state index in [1.165, 1.54) is 0 Å². The van der Waals surface area contributed by atoms with Crippen LogP contribution in [0.15, 0.2) is 48.7 Å². The molecule has 0 aliphatic heterocycles. The van der Waals surface area contributed by atoms with E-state index in [-0.39, 0.29) is 0 Å². The Morgan fingerprint density at radius 1 is 1.22 bits per heavy atom. The summed E-state index contributed by atoms with van der Waals surface area (Å²) in [6.07, 6.45) is 1.55. The molecule has 0 fully saturated rings. The first-order valence-corrected chi connectivity index (χ1v) is 8.33. The number of urea groups is 1. The molecule has 136 valence electrons. The number of carbonyl (C=O) groups excluding carboxylic acids is 1. The molecule has 1 aromatic heterocycles. The molecule has 0 spiro atoms. The number of nitrogens with zero attached hydrogens (tertiary/aromatic N) is 3. The molecule has 0 radical (unpaired) electrons. The van der Waals surface area contributed by atoms with Crippen molar-refractivity contribution in [3.8, 4) is 23.1 Å². The number of hydrogen-bond donors (Lipinski definition) is 2. The quantitative estimate of drug-likeness (QED) is 0.706. The van der Waals surface area contributed by atoms with Crippen LogP contribution >= 0.6 is 11.6 Å². The Labute approximate surface area is 161 Å². The molecule has 0 bridgehead atoms. The highest BCUT2D eigenvalue weighted by molar-refractivity contribution is 6.33. The topological polar surface area (TPSA) is 92.0 Å². The molecule has 8 heteroatoms. The molecular formula is C19H16ClN5O2. The van der Waals surface area contributed by atoms with Crippen molar-refractivity contribution >= 4 is 29.0 Å². The minimum absolute atomic E-state index is 0.433. The Kier molecular flexibility index (Phi) is 5.29. The van der Waals surface area contributed by atoms with Gasteiger partial charge in [0.2, 0.25) is 0 Å². The normalized spacial score (nSPS) is 10.1. The van der Waals surface area contributed by atoms with E-state index in [2.05, 4.69) is 15.7 Å². The molecule has 1 heterocycles. The van der Waals surface area contributed by atoms with Gasteiger partial charge in [0.1, 0.15) is 5.75 Å². The van der Waals surface area contributed by atoms with E-state index in [0.29, 0.717) is 39.0 Å². The van der Waals surface area contributed by atoms with Crippen molar-refractivity contribution in [2.24, 2.45) is 7.05 Å². The SMILES string of the molecule is COc1ccc(NC(=O)Nc2cccc(C#N)c2)cc1-c1c(Cl)cnn1C. The van der Waals surface area contributed by atoms with E-state index in [1.807, 2.05) is 6.07 Å². The maximum absolute atomic E-state index is 12.3. The number of nitriles is 1. The minimum Gasteiger partial charge on any atom is -0.496 e. The first kappa shape index (κ1) is 18.3. The third-order valence-electron chi connectivity index (χ3n) is 3.86. The Bertz CT molecular complexity index is 1020. The van der Waals surface area contributed by atoms with Gasteiger partial charge in [-0.05, 0) is 36.4 Å². The summed E-state index contributed by atoms with van der Waals surface area (Å²) >= 11 is 6.24. The van der Waals surface area contributed by atoms with E-state index in [9.17, 15) is 4.79 Å². The van der Waals surface area contributed by atoms with Crippen molar-refractivity contribution in [1.29, 1.82) is 5.26 Å². The summed E-state index contributed by atoms with van der Waals surface area (Å²) in [5.74, 6) is 0.605. The Morgan fingerprint density at radius 2 is 1.96 bits per heavy atom. The molecular weight excluding hydrogens is 366 g/mol. The molecule has 0 saturated heterocycles. The second-order valence-corrected chi connectivity index (χ2v) is 6.06. The van der Waals surface area contributed by atoms with Gasteiger partial charge in [-0.2, -0.15) is 10.4 Å². The largest absolute Gasteiger partial charge is 0.496 e. The van der Waals surface area contributed by atoms with Crippen LogP contribution in [0.2, 0.25) is 5.02 Å². The summed E-state index contributed by atoms with van der Waals surface area (Å²) < 4.78 is 7.04. The van der Waals surface area contributed by atoms with Gasteiger partial charge in [0, 0.05) is 24.0 Å². The maximum atomic E-state index is 12.3. The molecule has 0 atom stereocenters. The molecule has 3 aromatic rings. The van der Waals surface area contributed by atoms with Crippen LogP contribution in [0.5, 0.6) is 5.75 Å². The number of aromatic nitrogens is 2. The van der Waals surface area contributed by atoms with Crippen molar-refractivity contribution in [3.63, 3.8) is 0 Å². The van der Waals surface area contributed by atoms with Crippen LogP contribution in [0, 0.1) is 11.3 Å².